The maximum atomic E-state index is 10.5. The minimum absolute atomic E-state index is 0.0424. The van der Waals surface area contributed by atoms with Gasteiger partial charge in [-0.1, -0.05) is 35.5 Å². The van der Waals surface area contributed by atoms with E-state index in [1.54, 1.807) is 0 Å². The molecule has 0 aromatic heterocycles. The first-order valence-corrected chi connectivity index (χ1v) is 5.97. The van der Waals surface area contributed by atoms with Crippen molar-refractivity contribution in [3.05, 3.63) is 40.8 Å². The second-order valence-corrected chi connectivity index (χ2v) is 4.45. The molecule has 1 heterocycles. The van der Waals surface area contributed by atoms with Gasteiger partial charge in [-0.25, -0.2) is 0 Å². The van der Waals surface area contributed by atoms with Gasteiger partial charge >= 0.3 is 0 Å². The molecule has 0 spiro atoms. The molecule has 1 aromatic carbocycles. The van der Waals surface area contributed by atoms with E-state index in [0.29, 0.717) is 0 Å². The maximum Gasteiger partial charge on any atom is 0.0932 e. The van der Waals surface area contributed by atoms with Gasteiger partial charge in [0.15, 0.2) is 0 Å². The predicted octanol–water partition coefficient (Wildman–Crippen LogP) is 2.81. The molecule has 2 rings (SSSR count). The summed E-state index contributed by atoms with van der Waals surface area (Å²) in [4.78, 5) is 12.9. The van der Waals surface area contributed by atoms with E-state index in [0.717, 1.165) is 38.9 Å². The fourth-order valence-corrected chi connectivity index (χ4v) is 2.24. The summed E-state index contributed by atoms with van der Waals surface area (Å²) >= 11 is 0. The summed E-state index contributed by atoms with van der Waals surface area (Å²) in [5, 5.41) is 3.17. The molecule has 0 amide bonds. The smallest absolute Gasteiger partial charge is 0.0932 e. The predicted molar refractivity (Wildman–Crippen MR) is 65.2 cm³/mol. The average Bonchev–Trinajstić information content (AvgIpc) is 2.56. The van der Waals surface area contributed by atoms with Crippen LogP contribution in [0.3, 0.4) is 0 Å². The lowest BCUT2D eigenvalue weighted by Crippen LogP contribution is -2.24. The van der Waals surface area contributed by atoms with Crippen LogP contribution < -0.4 is 0 Å². The normalized spacial score (nSPS) is 22.6. The fraction of sp³-hybridized carbons (Fsp3) is 0.538. The van der Waals surface area contributed by atoms with Gasteiger partial charge in [-0.05, 0) is 31.4 Å². The van der Waals surface area contributed by atoms with Crippen molar-refractivity contribution in [3.63, 3.8) is 0 Å². The Morgan fingerprint density at radius 2 is 2.00 bits per heavy atom. The van der Waals surface area contributed by atoms with Gasteiger partial charge < -0.3 is 0 Å². The van der Waals surface area contributed by atoms with Gasteiger partial charge in [0.1, 0.15) is 0 Å². The van der Waals surface area contributed by atoms with Crippen molar-refractivity contribution in [2.45, 2.75) is 31.8 Å². The molecular weight excluding hydrogens is 200 g/mol. The van der Waals surface area contributed by atoms with Crippen LogP contribution in [0.2, 0.25) is 0 Å². The zero-order valence-corrected chi connectivity index (χ0v) is 9.51. The number of likely N-dealkylation sites (tertiary alicyclic amines) is 1. The number of benzene rings is 1. The van der Waals surface area contributed by atoms with E-state index in [2.05, 4.69) is 34.3 Å². The van der Waals surface area contributed by atoms with E-state index < -0.39 is 0 Å². The molecule has 1 atom stereocenters. The number of nitrogens with zero attached hydrogens (tertiary/aromatic N) is 2. The highest BCUT2D eigenvalue weighted by atomic mass is 16.3. The first kappa shape index (κ1) is 11.3. The number of nitroso groups, excluding NO2 is 1. The largest absolute Gasteiger partial charge is 0.299 e. The van der Waals surface area contributed by atoms with Gasteiger partial charge in [-0.15, -0.1) is 0 Å². The minimum atomic E-state index is 0.0424. The zero-order valence-electron chi connectivity index (χ0n) is 9.51. The van der Waals surface area contributed by atoms with Gasteiger partial charge in [0.2, 0.25) is 0 Å². The lowest BCUT2D eigenvalue weighted by molar-refractivity contribution is 0.276. The van der Waals surface area contributed by atoms with Crippen molar-refractivity contribution in [1.82, 2.24) is 4.90 Å². The summed E-state index contributed by atoms with van der Waals surface area (Å²) in [7, 11) is 0. The molecule has 0 N–H and O–H groups in total. The monoisotopic (exact) mass is 218 g/mol. The lowest BCUT2D eigenvalue weighted by Gasteiger charge is -2.19. The van der Waals surface area contributed by atoms with Crippen molar-refractivity contribution in [3.8, 4) is 0 Å². The SMILES string of the molecule is O=NC1CCCN(Cc2ccccc2)CC1. The van der Waals surface area contributed by atoms with Crippen LogP contribution >= 0.6 is 0 Å². The Morgan fingerprint density at radius 3 is 2.75 bits per heavy atom. The van der Waals surface area contributed by atoms with E-state index in [1.165, 1.54) is 5.56 Å². The van der Waals surface area contributed by atoms with Gasteiger partial charge in [0.05, 0.1) is 6.04 Å². The van der Waals surface area contributed by atoms with Crippen LogP contribution in [0.15, 0.2) is 35.5 Å². The van der Waals surface area contributed by atoms with Crippen LogP contribution in [0.25, 0.3) is 0 Å². The maximum absolute atomic E-state index is 10.5. The van der Waals surface area contributed by atoms with Crippen molar-refractivity contribution < 1.29 is 0 Å². The molecule has 16 heavy (non-hydrogen) atoms. The first-order valence-electron chi connectivity index (χ1n) is 5.97. The van der Waals surface area contributed by atoms with Gasteiger partial charge in [0, 0.05) is 13.1 Å². The highest BCUT2D eigenvalue weighted by Gasteiger charge is 2.16. The molecule has 0 saturated carbocycles. The van der Waals surface area contributed by atoms with Crippen molar-refractivity contribution in [2.75, 3.05) is 13.1 Å². The zero-order chi connectivity index (χ0) is 11.2. The lowest BCUT2D eigenvalue weighted by atomic mass is 10.1. The molecule has 0 bridgehead atoms. The molecule has 0 aliphatic carbocycles. The summed E-state index contributed by atoms with van der Waals surface area (Å²) < 4.78 is 0. The third-order valence-corrected chi connectivity index (χ3v) is 3.19. The van der Waals surface area contributed by atoms with E-state index in [1.807, 2.05) is 6.07 Å². The van der Waals surface area contributed by atoms with Crippen LogP contribution in [0.1, 0.15) is 24.8 Å². The quantitative estimate of drug-likeness (QED) is 0.731. The minimum Gasteiger partial charge on any atom is -0.299 e. The third-order valence-electron chi connectivity index (χ3n) is 3.19. The number of rotatable bonds is 3. The standard InChI is InChI=1S/C13H18N2O/c16-14-13-7-4-9-15(10-8-13)11-12-5-2-1-3-6-12/h1-3,5-6,13H,4,7-11H2. The molecule has 1 aromatic rings. The molecule has 1 unspecified atom stereocenters. The summed E-state index contributed by atoms with van der Waals surface area (Å²) in [5.74, 6) is 0. The Hall–Kier alpha value is -1.22. The molecule has 1 saturated heterocycles. The molecule has 1 aliphatic heterocycles. The van der Waals surface area contributed by atoms with Gasteiger partial charge in [-0.2, -0.15) is 4.91 Å². The average molecular weight is 218 g/mol. The van der Waals surface area contributed by atoms with Crippen molar-refractivity contribution in [2.24, 2.45) is 5.18 Å². The Balaban J connectivity index is 1.89. The van der Waals surface area contributed by atoms with Gasteiger partial charge in [0.25, 0.3) is 0 Å². The Morgan fingerprint density at radius 1 is 1.19 bits per heavy atom. The fourth-order valence-electron chi connectivity index (χ4n) is 2.24. The van der Waals surface area contributed by atoms with Gasteiger partial charge in [-0.3, -0.25) is 4.90 Å². The van der Waals surface area contributed by atoms with Crippen LogP contribution in [0.4, 0.5) is 0 Å². The van der Waals surface area contributed by atoms with E-state index in [-0.39, 0.29) is 6.04 Å². The Labute approximate surface area is 96.4 Å². The van der Waals surface area contributed by atoms with Crippen LogP contribution in [-0.4, -0.2) is 24.0 Å². The van der Waals surface area contributed by atoms with E-state index in [9.17, 15) is 4.91 Å². The van der Waals surface area contributed by atoms with Crippen molar-refractivity contribution in [1.29, 1.82) is 0 Å². The Bertz CT molecular complexity index is 326. The van der Waals surface area contributed by atoms with E-state index in [4.69, 9.17) is 0 Å². The molecule has 3 nitrogen and oxygen atoms in total. The second kappa shape index (κ2) is 5.75. The molecular formula is C13H18N2O. The summed E-state index contributed by atoms with van der Waals surface area (Å²) in [6, 6.07) is 10.5. The summed E-state index contributed by atoms with van der Waals surface area (Å²) in [6.07, 6.45) is 2.95. The van der Waals surface area contributed by atoms with Crippen molar-refractivity contribution >= 4 is 0 Å². The molecule has 86 valence electrons. The van der Waals surface area contributed by atoms with Crippen LogP contribution in [0.5, 0.6) is 0 Å². The third kappa shape index (κ3) is 3.14. The second-order valence-electron chi connectivity index (χ2n) is 4.45. The summed E-state index contributed by atoms with van der Waals surface area (Å²) in [6.45, 7) is 3.07. The summed E-state index contributed by atoms with van der Waals surface area (Å²) in [5.41, 5.74) is 1.35. The van der Waals surface area contributed by atoms with E-state index >= 15 is 0 Å². The van der Waals surface area contributed by atoms with Crippen LogP contribution in [-0.2, 0) is 6.54 Å². The molecule has 1 aliphatic rings. The van der Waals surface area contributed by atoms with Crippen LogP contribution in [0, 0.1) is 4.91 Å². The first-order chi connectivity index (χ1) is 7.88. The number of hydrogen-bond donors (Lipinski definition) is 0. The number of hydrogen-bond acceptors (Lipinski definition) is 3. The topological polar surface area (TPSA) is 32.7 Å². The molecule has 0 radical (unpaired) electrons. The Kier molecular flexibility index (Phi) is 4.05. The molecule has 1 fully saturated rings. The molecule has 3 heteroatoms. The highest BCUT2D eigenvalue weighted by molar-refractivity contribution is 5.14. The highest BCUT2D eigenvalue weighted by Crippen LogP contribution is 2.15.